The van der Waals surface area contributed by atoms with Crippen LogP contribution in [0.1, 0.15) is 17.5 Å². The van der Waals surface area contributed by atoms with Crippen LogP contribution in [0.25, 0.3) is 0 Å². The molecule has 3 nitrogen and oxygen atoms in total. The Morgan fingerprint density at radius 3 is 2.30 bits per heavy atom. The standard InChI is InChI=1S/C19H23ClN2O/c1-21(2)18-10-7-16(8-11-18)14-22(3)19(23)12-9-15-5-4-6-17(20)13-15/h4-8,10-11,13H,9,12,14H2,1-3H3. The molecule has 0 bridgehead atoms. The van der Waals surface area contributed by atoms with Crippen LogP contribution >= 0.6 is 11.6 Å². The van der Waals surface area contributed by atoms with Gasteiger partial charge in [0.2, 0.25) is 5.91 Å². The first kappa shape index (κ1) is 17.4. The fourth-order valence-electron chi connectivity index (χ4n) is 2.40. The highest BCUT2D eigenvalue weighted by atomic mass is 35.5. The lowest BCUT2D eigenvalue weighted by Gasteiger charge is -2.18. The van der Waals surface area contributed by atoms with E-state index < -0.39 is 0 Å². The van der Waals surface area contributed by atoms with Gasteiger partial charge in [-0.25, -0.2) is 0 Å². The molecule has 0 saturated carbocycles. The molecule has 4 heteroatoms. The summed E-state index contributed by atoms with van der Waals surface area (Å²) in [4.78, 5) is 16.1. The molecular weight excluding hydrogens is 308 g/mol. The molecule has 0 aromatic heterocycles. The summed E-state index contributed by atoms with van der Waals surface area (Å²) < 4.78 is 0. The predicted molar refractivity (Wildman–Crippen MR) is 97.0 cm³/mol. The van der Waals surface area contributed by atoms with E-state index in [1.807, 2.05) is 45.4 Å². The molecule has 0 heterocycles. The van der Waals surface area contributed by atoms with Crippen molar-refractivity contribution >= 4 is 23.2 Å². The summed E-state index contributed by atoms with van der Waals surface area (Å²) in [6, 6.07) is 15.9. The van der Waals surface area contributed by atoms with Gasteiger partial charge in [0.1, 0.15) is 0 Å². The monoisotopic (exact) mass is 330 g/mol. The number of aryl methyl sites for hydroxylation is 1. The SMILES string of the molecule is CN(Cc1ccc(N(C)C)cc1)C(=O)CCc1cccc(Cl)c1. The minimum atomic E-state index is 0.140. The molecule has 0 N–H and O–H groups in total. The molecule has 0 atom stereocenters. The Labute approximate surface area is 143 Å². The largest absolute Gasteiger partial charge is 0.378 e. The summed E-state index contributed by atoms with van der Waals surface area (Å²) in [6.45, 7) is 0.627. The van der Waals surface area contributed by atoms with Crippen LogP contribution in [0, 0.1) is 0 Å². The van der Waals surface area contributed by atoms with Crippen molar-refractivity contribution in [3.05, 3.63) is 64.7 Å². The summed E-state index contributed by atoms with van der Waals surface area (Å²) in [7, 11) is 5.88. The van der Waals surface area contributed by atoms with Crippen molar-refractivity contribution in [1.29, 1.82) is 0 Å². The highest BCUT2D eigenvalue weighted by Gasteiger charge is 2.10. The molecule has 0 spiro atoms. The Morgan fingerprint density at radius 2 is 1.70 bits per heavy atom. The Kier molecular flexibility index (Phi) is 6.05. The Balaban J connectivity index is 1.87. The number of halogens is 1. The number of rotatable bonds is 6. The lowest BCUT2D eigenvalue weighted by molar-refractivity contribution is -0.130. The van der Waals surface area contributed by atoms with E-state index in [2.05, 4.69) is 29.2 Å². The first-order valence-electron chi connectivity index (χ1n) is 7.70. The Bertz CT molecular complexity index is 653. The Morgan fingerprint density at radius 1 is 1.00 bits per heavy atom. The van der Waals surface area contributed by atoms with E-state index in [0.29, 0.717) is 24.4 Å². The van der Waals surface area contributed by atoms with E-state index in [9.17, 15) is 4.79 Å². The van der Waals surface area contributed by atoms with Crippen molar-refractivity contribution < 1.29 is 4.79 Å². The van der Waals surface area contributed by atoms with E-state index in [1.54, 1.807) is 4.90 Å². The van der Waals surface area contributed by atoms with Crippen molar-refractivity contribution in [2.75, 3.05) is 26.0 Å². The zero-order valence-corrected chi connectivity index (χ0v) is 14.7. The van der Waals surface area contributed by atoms with Crippen molar-refractivity contribution in [3.63, 3.8) is 0 Å². The highest BCUT2D eigenvalue weighted by Crippen LogP contribution is 2.15. The highest BCUT2D eigenvalue weighted by molar-refractivity contribution is 6.30. The van der Waals surface area contributed by atoms with Crippen LogP contribution in [0.3, 0.4) is 0 Å². The van der Waals surface area contributed by atoms with Gasteiger partial charge in [-0.3, -0.25) is 4.79 Å². The van der Waals surface area contributed by atoms with Crippen molar-refractivity contribution in [2.24, 2.45) is 0 Å². The molecule has 2 rings (SSSR count). The molecule has 0 aliphatic carbocycles. The first-order chi connectivity index (χ1) is 11.0. The van der Waals surface area contributed by atoms with Gasteiger partial charge in [-0.2, -0.15) is 0 Å². The fraction of sp³-hybridized carbons (Fsp3) is 0.316. The van der Waals surface area contributed by atoms with Crippen molar-refractivity contribution in [3.8, 4) is 0 Å². The summed E-state index contributed by atoms with van der Waals surface area (Å²) >= 11 is 5.97. The molecule has 2 aromatic carbocycles. The lowest BCUT2D eigenvalue weighted by atomic mass is 10.1. The van der Waals surface area contributed by atoms with Gasteiger partial charge in [0, 0.05) is 44.8 Å². The van der Waals surface area contributed by atoms with E-state index >= 15 is 0 Å². The minimum absolute atomic E-state index is 0.140. The van der Waals surface area contributed by atoms with Crippen LogP contribution in [0.4, 0.5) is 5.69 Å². The number of hydrogen-bond donors (Lipinski definition) is 0. The van der Waals surface area contributed by atoms with Gasteiger partial charge in [-0.15, -0.1) is 0 Å². The second kappa shape index (κ2) is 8.02. The average Bonchev–Trinajstić information content (AvgIpc) is 2.53. The third kappa shape index (κ3) is 5.29. The molecule has 23 heavy (non-hydrogen) atoms. The minimum Gasteiger partial charge on any atom is -0.378 e. The van der Waals surface area contributed by atoms with Crippen LogP contribution in [0.15, 0.2) is 48.5 Å². The van der Waals surface area contributed by atoms with E-state index in [4.69, 9.17) is 11.6 Å². The van der Waals surface area contributed by atoms with E-state index in [1.165, 1.54) is 0 Å². The van der Waals surface area contributed by atoms with Gasteiger partial charge in [-0.1, -0.05) is 35.9 Å². The normalized spacial score (nSPS) is 10.4. The molecule has 0 fully saturated rings. The predicted octanol–water partition coefficient (Wildman–Crippen LogP) is 4.00. The molecule has 1 amide bonds. The van der Waals surface area contributed by atoms with Gasteiger partial charge in [0.05, 0.1) is 0 Å². The number of amides is 1. The number of carbonyl (C=O) groups is 1. The van der Waals surface area contributed by atoms with Crippen molar-refractivity contribution in [2.45, 2.75) is 19.4 Å². The third-order valence-corrected chi connectivity index (χ3v) is 4.05. The molecule has 0 radical (unpaired) electrons. The zero-order chi connectivity index (χ0) is 16.8. The quantitative estimate of drug-likeness (QED) is 0.799. The maximum Gasteiger partial charge on any atom is 0.222 e. The molecule has 0 aliphatic heterocycles. The molecular formula is C19H23ClN2O. The third-order valence-electron chi connectivity index (χ3n) is 3.81. The smallest absolute Gasteiger partial charge is 0.222 e. The number of anilines is 1. The number of nitrogens with zero attached hydrogens (tertiary/aromatic N) is 2. The van der Waals surface area contributed by atoms with Crippen LogP contribution in [0.5, 0.6) is 0 Å². The maximum atomic E-state index is 12.3. The van der Waals surface area contributed by atoms with Gasteiger partial charge in [-0.05, 0) is 41.8 Å². The van der Waals surface area contributed by atoms with Gasteiger partial charge < -0.3 is 9.80 Å². The Hall–Kier alpha value is -2.00. The van der Waals surface area contributed by atoms with Gasteiger partial charge in [0.25, 0.3) is 0 Å². The lowest BCUT2D eigenvalue weighted by Crippen LogP contribution is -2.26. The van der Waals surface area contributed by atoms with Gasteiger partial charge >= 0.3 is 0 Å². The second-order valence-electron chi connectivity index (χ2n) is 5.94. The topological polar surface area (TPSA) is 23.6 Å². The maximum absolute atomic E-state index is 12.3. The summed E-state index contributed by atoms with van der Waals surface area (Å²) in [5.74, 6) is 0.140. The molecule has 0 aliphatic rings. The van der Waals surface area contributed by atoms with E-state index in [-0.39, 0.29) is 5.91 Å². The molecule has 0 saturated heterocycles. The second-order valence-corrected chi connectivity index (χ2v) is 6.38. The first-order valence-corrected chi connectivity index (χ1v) is 8.08. The average molecular weight is 331 g/mol. The fourth-order valence-corrected chi connectivity index (χ4v) is 2.61. The van der Waals surface area contributed by atoms with Gasteiger partial charge in [0.15, 0.2) is 0 Å². The van der Waals surface area contributed by atoms with Crippen LogP contribution in [-0.2, 0) is 17.8 Å². The number of carbonyl (C=O) groups excluding carboxylic acids is 1. The number of benzene rings is 2. The van der Waals surface area contributed by atoms with Crippen LogP contribution < -0.4 is 4.90 Å². The summed E-state index contributed by atoms with van der Waals surface area (Å²) in [5, 5.41) is 0.712. The molecule has 122 valence electrons. The molecule has 0 unspecified atom stereocenters. The van der Waals surface area contributed by atoms with Crippen LogP contribution in [0.2, 0.25) is 5.02 Å². The summed E-state index contributed by atoms with van der Waals surface area (Å²) in [5.41, 5.74) is 3.38. The van der Waals surface area contributed by atoms with Crippen LogP contribution in [-0.4, -0.2) is 32.0 Å². The van der Waals surface area contributed by atoms with Crippen molar-refractivity contribution in [1.82, 2.24) is 4.90 Å². The number of hydrogen-bond acceptors (Lipinski definition) is 2. The summed E-state index contributed by atoms with van der Waals surface area (Å²) in [6.07, 6.45) is 1.20. The zero-order valence-electron chi connectivity index (χ0n) is 13.9. The molecule has 2 aromatic rings. The van der Waals surface area contributed by atoms with E-state index in [0.717, 1.165) is 16.8 Å².